The number of carbonyl (C=O) groups is 4. The molecule has 186 valence electrons. The van der Waals surface area contributed by atoms with Crippen LogP contribution in [0.25, 0.3) is 0 Å². The quantitative estimate of drug-likeness (QED) is 0.313. The Morgan fingerprint density at radius 3 is 1.16 bits per heavy atom. The first-order valence-electron chi connectivity index (χ1n) is 11.3. The van der Waals surface area contributed by atoms with E-state index in [-0.39, 0.29) is 11.8 Å². The largest absolute Gasteiger partial charge is 0.444 e. The molecule has 4 N–H and O–H groups in total. The van der Waals surface area contributed by atoms with Crippen LogP contribution in [0.1, 0.15) is 80.1 Å². The lowest BCUT2D eigenvalue weighted by Crippen LogP contribution is -2.33. The molecule has 0 aromatic rings. The monoisotopic (exact) mass is 458 g/mol. The number of unbranched alkanes of at least 4 members (excludes halogenated alkanes) is 1. The summed E-state index contributed by atoms with van der Waals surface area (Å²) in [5, 5.41) is 10.9. The van der Waals surface area contributed by atoms with Crippen LogP contribution in [-0.4, -0.2) is 61.4 Å². The van der Waals surface area contributed by atoms with E-state index >= 15 is 0 Å². The van der Waals surface area contributed by atoms with Crippen LogP contribution >= 0.6 is 0 Å². The third-order valence-electron chi connectivity index (χ3n) is 3.75. The highest BCUT2D eigenvalue weighted by Gasteiger charge is 2.16. The Morgan fingerprint density at radius 2 is 0.844 bits per heavy atom. The fourth-order valence-corrected chi connectivity index (χ4v) is 2.39. The molecule has 0 aliphatic heterocycles. The van der Waals surface area contributed by atoms with Crippen LogP contribution in [0.5, 0.6) is 0 Å². The Hall–Kier alpha value is -2.52. The number of amides is 4. The fraction of sp³-hybridized carbons (Fsp3) is 0.818. The van der Waals surface area contributed by atoms with Gasteiger partial charge in [-0.1, -0.05) is 0 Å². The van der Waals surface area contributed by atoms with Crippen molar-refractivity contribution in [3.63, 3.8) is 0 Å². The van der Waals surface area contributed by atoms with E-state index in [1.54, 1.807) is 41.5 Å². The molecule has 0 aromatic carbocycles. The van der Waals surface area contributed by atoms with Crippen LogP contribution < -0.4 is 21.3 Å². The van der Waals surface area contributed by atoms with E-state index in [0.717, 1.165) is 12.8 Å². The van der Waals surface area contributed by atoms with E-state index in [1.165, 1.54) is 0 Å². The van der Waals surface area contributed by atoms with Crippen molar-refractivity contribution in [3.8, 4) is 0 Å². The van der Waals surface area contributed by atoms with Crippen molar-refractivity contribution in [2.45, 2.75) is 91.3 Å². The molecule has 0 saturated carbocycles. The van der Waals surface area contributed by atoms with Gasteiger partial charge in [-0.15, -0.1) is 0 Å². The standard InChI is InChI=1S/C22H42N4O6/c1-21(2,3)31-19(29)25-15-9-11-17(27)23-13-7-8-14-24-18(28)12-10-16-26-20(30)32-22(4,5)6/h7-16H2,1-6H3,(H,23,27)(H,24,28)(H,25,29)(H,26,30). The highest BCUT2D eigenvalue weighted by Crippen LogP contribution is 2.07. The summed E-state index contributed by atoms with van der Waals surface area (Å²) in [7, 11) is 0. The van der Waals surface area contributed by atoms with Gasteiger partial charge in [0, 0.05) is 39.0 Å². The van der Waals surface area contributed by atoms with Crippen molar-refractivity contribution in [1.82, 2.24) is 21.3 Å². The second kappa shape index (κ2) is 15.3. The molecule has 10 heteroatoms. The normalized spacial score (nSPS) is 11.3. The average molecular weight is 459 g/mol. The molecule has 0 atom stereocenters. The van der Waals surface area contributed by atoms with E-state index in [1.807, 2.05) is 0 Å². The summed E-state index contributed by atoms with van der Waals surface area (Å²) in [4.78, 5) is 46.5. The summed E-state index contributed by atoms with van der Waals surface area (Å²) >= 11 is 0. The Labute approximate surface area is 191 Å². The van der Waals surface area contributed by atoms with Crippen LogP contribution in [0.15, 0.2) is 0 Å². The van der Waals surface area contributed by atoms with Gasteiger partial charge in [0.1, 0.15) is 11.2 Å². The molecule has 0 spiro atoms. The van der Waals surface area contributed by atoms with Gasteiger partial charge in [0.05, 0.1) is 0 Å². The zero-order chi connectivity index (χ0) is 24.6. The molecule has 0 fully saturated rings. The number of rotatable bonds is 13. The number of nitrogens with one attached hydrogen (secondary N) is 4. The molecule has 0 aliphatic carbocycles. The van der Waals surface area contributed by atoms with Gasteiger partial charge in [-0.3, -0.25) is 9.59 Å². The Kier molecular flexibility index (Phi) is 14.1. The predicted octanol–water partition coefficient (Wildman–Crippen LogP) is 2.61. The molecule has 0 unspecified atom stereocenters. The van der Waals surface area contributed by atoms with Crippen LogP contribution in [0.2, 0.25) is 0 Å². The molecule has 0 rings (SSSR count). The average Bonchev–Trinajstić information content (AvgIpc) is 2.62. The highest BCUT2D eigenvalue weighted by molar-refractivity contribution is 5.76. The van der Waals surface area contributed by atoms with Gasteiger partial charge in [0.15, 0.2) is 0 Å². The van der Waals surface area contributed by atoms with Crippen molar-refractivity contribution in [2.75, 3.05) is 26.2 Å². The van der Waals surface area contributed by atoms with E-state index in [0.29, 0.717) is 51.9 Å². The van der Waals surface area contributed by atoms with Gasteiger partial charge in [-0.2, -0.15) is 0 Å². The van der Waals surface area contributed by atoms with Crippen LogP contribution in [0.4, 0.5) is 9.59 Å². The Bertz CT molecular complexity index is 544. The Balaban J connectivity index is 3.56. The lowest BCUT2D eigenvalue weighted by Gasteiger charge is -2.19. The summed E-state index contributed by atoms with van der Waals surface area (Å²) < 4.78 is 10.2. The number of hydrogen-bond acceptors (Lipinski definition) is 6. The van der Waals surface area contributed by atoms with E-state index in [9.17, 15) is 19.2 Å². The summed E-state index contributed by atoms with van der Waals surface area (Å²) in [6.45, 7) is 12.6. The SMILES string of the molecule is CC(C)(C)OC(=O)NCCCC(=O)NCCCCNC(=O)CCCNC(=O)OC(C)(C)C. The number of carbonyl (C=O) groups excluding carboxylic acids is 4. The fourth-order valence-electron chi connectivity index (χ4n) is 2.39. The minimum absolute atomic E-state index is 0.0717. The third-order valence-corrected chi connectivity index (χ3v) is 3.75. The van der Waals surface area contributed by atoms with Crippen molar-refractivity contribution < 1.29 is 28.7 Å². The van der Waals surface area contributed by atoms with E-state index in [2.05, 4.69) is 21.3 Å². The first kappa shape index (κ1) is 29.5. The van der Waals surface area contributed by atoms with Gasteiger partial charge < -0.3 is 30.7 Å². The number of alkyl carbamates (subject to hydrolysis) is 2. The maximum atomic E-state index is 11.8. The zero-order valence-electron chi connectivity index (χ0n) is 20.5. The summed E-state index contributed by atoms with van der Waals surface area (Å²) in [5.41, 5.74) is -1.08. The first-order valence-corrected chi connectivity index (χ1v) is 11.3. The topological polar surface area (TPSA) is 135 Å². The van der Waals surface area contributed by atoms with E-state index in [4.69, 9.17) is 9.47 Å². The summed E-state index contributed by atoms with van der Waals surface area (Å²) in [6.07, 6.45) is 2.24. The number of ether oxygens (including phenoxy) is 2. The smallest absolute Gasteiger partial charge is 0.407 e. The lowest BCUT2D eigenvalue weighted by molar-refractivity contribution is -0.122. The molecule has 32 heavy (non-hydrogen) atoms. The lowest BCUT2D eigenvalue weighted by atomic mass is 10.2. The third kappa shape index (κ3) is 20.7. The van der Waals surface area contributed by atoms with Crippen molar-refractivity contribution in [3.05, 3.63) is 0 Å². The van der Waals surface area contributed by atoms with E-state index < -0.39 is 23.4 Å². The maximum Gasteiger partial charge on any atom is 0.407 e. The minimum atomic E-state index is -0.542. The molecular weight excluding hydrogens is 416 g/mol. The second-order valence-electron chi connectivity index (χ2n) is 9.47. The van der Waals surface area contributed by atoms with Crippen molar-refractivity contribution >= 4 is 24.0 Å². The first-order chi connectivity index (χ1) is 14.8. The van der Waals surface area contributed by atoms with Gasteiger partial charge in [0.25, 0.3) is 0 Å². The molecular formula is C22H42N4O6. The molecule has 0 radical (unpaired) electrons. The minimum Gasteiger partial charge on any atom is -0.444 e. The Morgan fingerprint density at radius 1 is 0.531 bits per heavy atom. The highest BCUT2D eigenvalue weighted by atomic mass is 16.6. The zero-order valence-corrected chi connectivity index (χ0v) is 20.5. The molecule has 0 bridgehead atoms. The summed E-state index contributed by atoms with van der Waals surface area (Å²) in [6, 6.07) is 0. The van der Waals surface area contributed by atoms with Crippen LogP contribution in [0, 0.1) is 0 Å². The van der Waals surface area contributed by atoms with Crippen molar-refractivity contribution in [2.24, 2.45) is 0 Å². The van der Waals surface area contributed by atoms with Crippen LogP contribution in [-0.2, 0) is 19.1 Å². The molecule has 0 aromatic heterocycles. The predicted molar refractivity (Wildman–Crippen MR) is 122 cm³/mol. The molecule has 0 saturated heterocycles. The molecule has 0 aliphatic rings. The van der Waals surface area contributed by atoms with Gasteiger partial charge in [0.2, 0.25) is 11.8 Å². The molecule has 4 amide bonds. The summed E-state index contributed by atoms with van der Waals surface area (Å²) in [5.74, 6) is -0.143. The van der Waals surface area contributed by atoms with Gasteiger partial charge in [-0.25, -0.2) is 9.59 Å². The molecule has 0 heterocycles. The van der Waals surface area contributed by atoms with Crippen LogP contribution in [0.3, 0.4) is 0 Å². The van der Waals surface area contributed by atoms with Gasteiger partial charge >= 0.3 is 12.2 Å². The molecule has 10 nitrogen and oxygen atoms in total. The second-order valence-corrected chi connectivity index (χ2v) is 9.47. The van der Waals surface area contributed by atoms with Gasteiger partial charge in [-0.05, 0) is 67.2 Å². The maximum absolute atomic E-state index is 11.8. The van der Waals surface area contributed by atoms with Crippen molar-refractivity contribution in [1.29, 1.82) is 0 Å². The number of hydrogen-bond donors (Lipinski definition) is 4.